The van der Waals surface area contributed by atoms with E-state index in [9.17, 15) is 0 Å². The molecule has 0 aliphatic rings. The molecule has 0 fully saturated rings. The maximum Gasteiger partial charge on any atom is 2.00 e. The van der Waals surface area contributed by atoms with Crippen molar-refractivity contribution in [3.05, 3.63) is 0 Å². The van der Waals surface area contributed by atoms with Crippen LogP contribution in [0.3, 0.4) is 0 Å². The zero-order chi connectivity index (χ0) is 0. The summed E-state index contributed by atoms with van der Waals surface area (Å²) in [4.78, 5) is 0. The van der Waals surface area contributed by atoms with Gasteiger partial charge in [-0.1, -0.05) is 0 Å². The normalized spacial score (nSPS) is 0. The summed E-state index contributed by atoms with van der Waals surface area (Å²) in [6.07, 6.45) is 0. The molecule has 0 saturated heterocycles. The van der Waals surface area contributed by atoms with E-state index in [1.54, 1.807) is 0 Å². The molecule has 0 saturated carbocycles. The van der Waals surface area contributed by atoms with E-state index in [0.717, 1.165) is 0 Å². The van der Waals surface area contributed by atoms with Gasteiger partial charge in [-0.05, 0) is 0 Å². The number of halogens is 4. The zero-order valence-corrected chi connectivity index (χ0v) is 6.66. The van der Waals surface area contributed by atoms with Crippen molar-refractivity contribution in [1.82, 2.24) is 0 Å². The smallest absolute Gasteiger partial charge is 1.00 e. The fraction of sp³-hybridized carbons (Fsp3) is 0. The first kappa shape index (κ1) is 106. The van der Waals surface area contributed by atoms with Crippen molar-refractivity contribution >= 4 is 48.9 Å². The molecule has 0 rings (SSSR count). The summed E-state index contributed by atoms with van der Waals surface area (Å²) in [7, 11) is 0. The molecular formula is BaF4-2. The Morgan fingerprint density at radius 3 is 0.400 bits per heavy atom. The summed E-state index contributed by atoms with van der Waals surface area (Å²) in [5.41, 5.74) is 0. The third-order valence-corrected chi connectivity index (χ3v) is 0. The molecule has 0 bridgehead atoms. The molecule has 0 N–H and O–H groups in total. The topological polar surface area (TPSA) is 0 Å². The summed E-state index contributed by atoms with van der Waals surface area (Å²) in [5, 5.41) is 0. The summed E-state index contributed by atoms with van der Waals surface area (Å²) in [5.74, 6) is 0. The van der Waals surface area contributed by atoms with Crippen molar-refractivity contribution in [3.63, 3.8) is 0 Å². The fourth-order valence-electron chi connectivity index (χ4n) is 0. The van der Waals surface area contributed by atoms with Crippen molar-refractivity contribution in [2.75, 3.05) is 0 Å². The van der Waals surface area contributed by atoms with Crippen LogP contribution in [0, 0.1) is 0 Å². The second kappa shape index (κ2) is 58.4. The molecule has 0 spiro atoms. The van der Waals surface area contributed by atoms with Crippen LogP contribution in [0.1, 0.15) is 0 Å². The van der Waals surface area contributed by atoms with Crippen molar-refractivity contribution < 1.29 is 18.8 Å². The van der Waals surface area contributed by atoms with Crippen LogP contribution in [0.2, 0.25) is 0 Å². The maximum absolute atomic E-state index is 0. The van der Waals surface area contributed by atoms with E-state index in [-0.39, 0.29) is 67.7 Å². The molecule has 0 nitrogen and oxygen atoms in total. The van der Waals surface area contributed by atoms with Gasteiger partial charge in [0.1, 0.15) is 0 Å². The van der Waals surface area contributed by atoms with Crippen molar-refractivity contribution in [2.24, 2.45) is 0 Å². The fourth-order valence-corrected chi connectivity index (χ4v) is 0. The summed E-state index contributed by atoms with van der Waals surface area (Å²) >= 11 is 0. The van der Waals surface area contributed by atoms with Crippen molar-refractivity contribution in [1.29, 1.82) is 0 Å². The monoisotopic (exact) mass is 214 g/mol. The molecule has 0 aliphatic carbocycles. The number of rotatable bonds is 0. The Hall–Kier alpha value is 1.29. The van der Waals surface area contributed by atoms with Crippen molar-refractivity contribution in [3.8, 4) is 0 Å². The zero-order valence-electron chi connectivity index (χ0n) is 2.22. The summed E-state index contributed by atoms with van der Waals surface area (Å²) < 4.78 is 0. The van der Waals surface area contributed by atoms with Gasteiger partial charge in [0.25, 0.3) is 0 Å². The number of hydrogen-bond donors (Lipinski definition) is 0. The second-order valence-electron chi connectivity index (χ2n) is 0. The van der Waals surface area contributed by atoms with Gasteiger partial charge in [-0.2, -0.15) is 0 Å². The molecule has 0 radical (unpaired) electrons. The van der Waals surface area contributed by atoms with E-state index in [1.165, 1.54) is 0 Å². The molecule has 0 amide bonds. The SMILES string of the molecule is [Ba+2].[F-].[F-].[F-].[F-]. The van der Waals surface area contributed by atoms with Crippen LogP contribution >= 0.6 is 0 Å². The first-order valence-corrected chi connectivity index (χ1v) is 0. The van der Waals surface area contributed by atoms with Crippen LogP contribution in [0.4, 0.5) is 0 Å². The van der Waals surface area contributed by atoms with E-state index < -0.39 is 0 Å². The van der Waals surface area contributed by atoms with E-state index >= 15 is 0 Å². The molecule has 0 aromatic heterocycles. The van der Waals surface area contributed by atoms with Gasteiger partial charge >= 0.3 is 48.9 Å². The van der Waals surface area contributed by atoms with Gasteiger partial charge in [0.05, 0.1) is 0 Å². The maximum atomic E-state index is 0. The van der Waals surface area contributed by atoms with Gasteiger partial charge in [0, 0.05) is 0 Å². The molecule has 0 aromatic carbocycles. The minimum absolute atomic E-state index is 0. The second-order valence-corrected chi connectivity index (χ2v) is 0. The van der Waals surface area contributed by atoms with Gasteiger partial charge in [0.2, 0.25) is 0 Å². The van der Waals surface area contributed by atoms with Crippen LogP contribution < -0.4 is 18.8 Å². The van der Waals surface area contributed by atoms with Gasteiger partial charge in [-0.25, -0.2) is 0 Å². The molecule has 0 atom stereocenters. The quantitative estimate of drug-likeness (QED) is 0.277. The summed E-state index contributed by atoms with van der Waals surface area (Å²) in [6, 6.07) is 0. The molecule has 0 unspecified atom stereocenters. The Balaban J connectivity index is 0. The van der Waals surface area contributed by atoms with Gasteiger partial charge in [-0.3, -0.25) is 0 Å². The van der Waals surface area contributed by atoms with Crippen LogP contribution in [-0.2, 0) is 0 Å². The predicted octanol–water partition coefficient (Wildman–Crippen LogP) is -12.4. The van der Waals surface area contributed by atoms with Gasteiger partial charge in [-0.15, -0.1) is 0 Å². The minimum Gasteiger partial charge on any atom is -1.00 e. The minimum atomic E-state index is 0. The summed E-state index contributed by atoms with van der Waals surface area (Å²) in [6.45, 7) is 0. The molecule has 0 aliphatic heterocycles. The molecule has 0 aromatic rings. The predicted molar refractivity (Wildman–Crippen MR) is 5.75 cm³/mol. The third-order valence-electron chi connectivity index (χ3n) is 0. The Bertz CT molecular complexity index is 3.61. The first-order chi connectivity index (χ1) is 0. The molecule has 0 heterocycles. The van der Waals surface area contributed by atoms with E-state index in [4.69, 9.17) is 0 Å². The molecular weight excluding hydrogens is 213 g/mol. The molecule has 5 heavy (non-hydrogen) atoms. The van der Waals surface area contributed by atoms with Crippen LogP contribution in [0.5, 0.6) is 0 Å². The first-order valence-electron chi connectivity index (χ1n) is 0. The third kappa shape index (κ3) is 34.4. The number of hydrogen-bond acceptors (Lipinski definition) is 0. The molecule has 32 valence electrons. The van der Waals surface area contributed by atoms with Crippen LogP contribution in [0.25, 0.3) is 0 Å². The van der Waals surface area contributed by atoms with Crippen LogP contribution in [0.15, 0.2) is 0 Å². The Kier molecular flexibility index (Phi) is 1230. The Morgan fingerprint density at radius 1 is 0.400 bits per heavy atom. The van der Waals surface area contributed by atoms with E-state index in [1.807, 2.05) is 0 Å². The standard InChI is InChI=1S/Ba.4FH/h;4*1H/q+2;;;;/p-4. The van der Waals surface area contributed by atoms with E-state index in [0.29, 0.717) is 0 Å². The Labute approximate surface area is 66.9 Å². The largest absolute Gasteiger partial charge is 2.00 e. The Morgan fingerprint density at radius 2 is 0.400 bits per heavy atom. The van der Waals surface area contributed by atoms with Crippen LogP contribution in [-0.4, -0.2) is 48.9 Å². The molecule has 5 heteroatoms. The average Bonchev–Trinajstić information content (AvgIpc) is 0. The van der Waals surface area contributed by atoms with Gasteiger partial charge in [0.15, 0.2) is 0 Å². The van der Waals surface area contributed by atoms with Crippen molar-refractivity contribution in [2.45, 2.75) is 0 Å². The van der Waals surface area contributed by atoms with Gasteiger partial charge < -0.3 is 18.8 Å². The average molecular weight is 213 g/mol. The van der Waals surface area contributed by atoms with E-state index in [2.05, 4.69) is 0 Å².